The topological polar surface area (TPSA) is 123 Å². The van der Waals surface area contributed by atoms with Gasteiger partial charge in [-0.1, -0.05) is 24.2 Å². The van der Waals surface area contributed by atoms with Gasteiger partial charge in [-0.3, -0.25) is 14.4 Å². The first kappa shape index (κ1) is 30.1. The number of fused-ring (bicyclic) bond motifs is 5. The number of amides is 3. The zero-order valence-electron chi connectivity index (χ0n) is 25.1. The van der Waals surface area contributed by atoms with Crippen molar-refractivity contribution in [3.05, 3.63) is 70.6 Å². The van der Waals surface area contributed by atoms with Crippen LogP contribution in [0.1, 0.15) is 52.7 Å². The summed E-state index contributed by atoms with van der Waals surface area (Å²) in [5.74, 6) is 1.44. The highest BCUT2D eigenvalue weighted by Gasteiger charge is 2.34. The molecule has 2 atom stereocenters. The number of nitrogens with one attached hydrogen (secondary N) is 1. The number of methoxy groups -OCH3 is 1. The van der Waals surface area contributed by atoms with Gasteiger partial charge in [-0.05, 0) is 62.6 Å². The Bertz CT molecular complexity index is 1470. The first-order chi connectivity index (χ1) is 20.7. The van der Waals surface area contributed by atoms with Gasteiger partial charge in [0.1, 0.15) is 11.5 Å². The predicted octanol–water partition coefficient (Wildman–Crippen LogP) is 3.80. The number of benzene rings is 2. The smallest absolute Gasteiger partial charge is 0.254 e. The average molecular weight is 591 g/mol. The summed E-state index contributed by atoms with van der Waals surface area (Å²) in [5.41, 5.74) is 2.74. The van der Waals surface area contributed by atoms with Gasteiger partial charge >= 0.3 is 0 Å². The van der Waals surface area contributed by atoms with Gasteiger partial charge in [0, 0.05) is 30.8 Å². The standard InChI is InChI=1S/C32H38N4O7/c1-5-12-36-18-30(37)33-26-11-13-35(31(38)16-25-20(2)34-43-21(25)3)17-29(26)41-19-22-7-6-8-24(14-22)42-28-15-23(32(36)39)9-10-27(28)40-4/h6-10,14-15,26,29H,5,11-13,16-19H2,1-4H3,(H,33,37)/t26-,29-/m0/s1. The summed E-state index contributed by atoms with van der Waals surface area (Å²) in [6.45, 7) is 6.90. The number of rotatable bonds is 5. The van der Waals surface area contributed by atoms with E-state index >= 15 is 0 Å². The second-order valence-corrected chi connectivity index (χ2v) is 11.0. The summed E-state index contributed by atoms with van der Waals surface area (Å²) in [7, 11) is 1.54. The van der Waals surface area contributed by atoms with Crippen LogP contribution < -0.4 is 14.8 Å². The van der Waals surface area contributed by atoms with E-state index < -0.39 is 6.10 Å². The van der Waals surface area contributed by atoms with Crippen LogP contribution in [-0.2, 0) is 27.4 Å². The van der Waals surface area contributed by atoms with Crippen molar-refractivity contribution < 1.29 is 33.1 Å². The van der Waals surface area contributed by atoms with Crippen molar-refractivity contribution in [3.63, 3.8) is 0 Å². The van der Waals surface area contributed by atoms with E-state index in [4.69, 9.17) is 18.7 Å². The van der Waals surface area contributed by atoms with Gasteiger partial charge in [0.25, 0.3) is 5.91 Å². The zero-order chi connectivity index (χ0) is 30.5. The molecule has 2 aromatic carbocycles. The Hall–Kier alpha value is -4.38. The first-order valence-corrected chi connectivity index (χ1v) is 14.6. The van der Waals surface area contributed by atoms with Crippen molar-refractivity contribution in [2.45, 2.75) is 58.8 Å². The molecule has 3 heterocycles. The van der Waals surface area contributed by atoms with Crippen molar-refractivity contribution in [1.29, 1.82) is 0 Å². The number of hydrogen-bond donors (Lipinski definition) is 1. The molecular formula is C32H38N4O7. The minimum atomic E-state index is -0.466. The van der Waals surface area contributed by atoms with Crippen LogP contribution in [0.4, 0.5) is 0 Å². The van der Waals surface area contributed by atoms with Gasteiger partial charge in [0.2, 0.25) is 11.8 Å². The van der Waals surface area contributed by atoms with Crippen molar-refractivity contribution in [2.24, 2.45) is 0 Å². The Balaban J connectivity index is 1.42. The highest BCUT2D eigenvalue weighted by molar-refractivity contribution is 5.97. The van der Waals surface area contributed by atoms with E-state index in [2.05, 4.69) is 10.5 Å². The van der Waals surface area contributed by atoms with Crippen LogP contribution in [0.15, 0.2) is 47.0 Å². The predicted molar refractivity (Wildman–Crippen MR) is 157 cm³/mol. The van der Waals surface area contributed by atoms with Crippen LogP contribution in [0.2, 0.25) is 0 Å². The summed E-state index contributed by atoms with van der Waals surface area (Å²) in [5, 5.41) is 7.06. The number of nitrogens with zero attached hydrogens (tertiary/aromatic N) is 3. The molecule has 0 unspecified atom stereocenters. The lowest BCUT2D eigenvalue weighted by atomic mass is 10.00. The normalized spacial score (nSPS) is 19.3. The second kappa shape index (κ2) is 13.3. The minimum absolute atomic E-state index is 0.0554. The van der Waals surface area contributed by atoms with Crippen molar-refractivity contribution in [2.75, 3.05) is 33.3 Å². The summed E-state index contributed by atoms with van der Waals surface area (Å²) in [6, 6.07) is 12.1. The third kappa shape index (κ3) is 6.99. The highest BCUT2D eigenvalue weighted by Crippen LogP contribution is 2.33. The van der Waals surface area contributed by atoms with Gasteiger partial charge in [-0.2, -0.15) is 0 Å². The van der Waals surface area contributed by atoms with Gasteiger partial charge in [0.05, 0.1) is 44.5 Å². The summed E-state index contributed by atoms with van der Waals surface area (Å²) < 4.78 is 23.3. The maximum Gasteiger partial charge on any atom is 0.254 e. The number of aromatic nitrogens is 1. The fourth-order valence-corrected chi connectivity index (χ4v) is 5.54. The number of carbonyl (C=O) groups excluding carboxylic acids is 3. The van der Waals surface area contributed by atoms with E-state index in [-0.39, 0.29) is 43.3 Å². The molecule has 4 bridgehead atoms. The number of piperidine rings is 1. The molecule has 0 spiro atoms. The lowest BCUT2D eigenvalue weighted by Crippen LogP contribution is -2.57. The molecule has 3 amide bonds. The number of ether oxygens (including phenoxy) is 3. The molecule has 0 saturated carbocycles. The number of likely N-dealkylation sites (tertiary alicyclic amines) is 1. The van der Waals surface area contributed by atoms with Gasteiger partial charge < -0.3 is 33.9 Å². The molecule has 5 rings (SSSR count). The largest absolute Gasteiger partial charge is 0.493 e. The third-order valence-electron chi connectivity index (χ3n) is 7.88. The van der Waals surface area contributed by atoms with Crippen molar-refractivity contribution in [1.82, 2.24) is 20.3 Å². The number of aryl methyl sites for hydroxylation is 2. The van der Waals surface area contributed by atoms with Crippen LogP contribution in [0.3, 0.4) is 0 Å². The summed E-state index contributed by atoms with van der Waals surface area (Å²) in [4.78, 5) is 43.5. The molecule has 43 heavy (non-hydrogen) atoms. The lowest BCUT2D eigenvalue weighted by Gasteiger charge is -2.39. The fraction of sp³-hybridized carbons (Fsp3) is 0.438. The molecule has 1 saturated heterocycles. The average Bonchev–Trinajstić information content (AvgIpc) is 3.31. The van der Waals surface area contributed by atoms with Crippen LogP contribution >= 0.6 is 0 Å². The number of hydrogen-bond acceptors (Lipinski definition) is 8. The van der Waals surface area contributed by atoms with Gasteiger partial charge in [0.15, 0.2) is 11.5 Å². The molecule has 0 radical (unpaired) electrons. The fourth-order valence-electron chi connectivity index (χ4n) is 5.54. The Morgan fingerprint density at radius 3 is 2.74 bits per heavy atom. The minimum Gasteiger partial charge on any atom is -0.493 e. The van der Waals surface area contributed by atoms with Crippen molar-refractivity contribution in [3.8, 4) is 17.2 Å². The molecule has 1 fully saturated rings. The maximum atomic E-state index is 13.6. The molecule has 1 N–H and O–H groups in total. The van der Waals surface area contributed by atoms with E-state index in [1.165, 1.54) is 12.0 Å². The molecule has 228 valence electrons. The van der Waals surface area contributed by atoms with E-state index in [1.807, 2.05) is 38.1 Å². The molecule has 1 aromatic heterocycles. The molecule has 2 aliphatic rings. The summed E-state index contributed by atoms with van der Waals surface area (Å²) in [6.07, 6.45) is 0.910. The molecule has 2 aliphatic heterocycles. The second-order valence-electron chi connectivity index (χ2n) is 11.0. The maximum absolute atomic E-state index is 13.6. The molecule has 11 nitrogen and oxygen atoms in total. The van der Waals surface area contributed by atoms with Crippen LogP contribution in [0.5, 0.6) is 17.2 Å². The molecular weight excluding hydrogens is 552 g/mol. The van der Waals surface area contributed by atoms with E-state index in [9.17, 15) is 14.4 Å². The van der Waals surface area contributed by atoms with Gasteiger partial charge in [-0.25, -0.2) is 0 Å². The van der Waals surface area contributed by atoms with Crippen LogP contribution in [-0.4, -0.2) is 78.1 Å². The third-order valence-corrected chi connectivity index (χ3v) is 7.88. The first-order valence-electron chi connectivity index (χ1n) is 14.6. The van der Waals surface area contributed by atoms with E-state index in [1.54, 1.807) is 30.0 Å². The molecule has 3 aromatic rings. The van der Waals surface area contributed by atoms with Crippen molar-refractivity contribution >= 4 is 17.7 Å². The lowest BCUT2D eigenvalue weighted by molar-refractivity contribution is -0.137. The SMILES string of the molecule is CCCN1CC(=O)N[C@H]2CCN(C(=O)Cc3c(C)noc3C)C[C@@H]2OCc2cccc(c2)Oc2cc(ccc2OC)C1=O. The van der Waals surface area contributed by atoms with Crippen LogP contribution in [0.25, 0.3) is 0 Å². The quantitative estimate of drug-likeness (QED) is 0.476. The van der Waals surface area contributed by atoms with Crippen LogP contribution in [0, 0.1) is 13.8 Å². The Labute approximate surface area is 251 Å². The summed E-state index contributed by atoms with van der Waals surface area (Å²) >= 11 is 0. The number of carbonyl (C=O) groups is 3. The zero-order valence-corrected chi connectivity index (χ0v) is 25.1. The molecule has 11 heteroatoms. The highest BCUT2D eigenvalue weighted by atomic mass is 16.5. The van der Waals surface area contributed by atoms with Gasteiger partial charge in [-0.15, -0.1) is 0 Å². The Kier molecular flexibility index (Phi) is 9.30. The molecule has 0 aliphatic carbocycles. The van der Waals surface area contributed by atoms with E-state index in [0.29, 0.717) is 66.7 Å². The monoisotopic (exact) mass is 590 g/mol. The van der Waals surface area contributed by atoms with E-state index in [0.717, 1.165) is 11.1 Å². The Morgan fingerprint density at radius 1 is 1.16 bits per heavy atom. The Morgan fingerprint density at radius 2 is 2.00 bits per heavy atom.